The highest BCUT2D eigenvalue weighted by atomic mass is 16.5. The number of hydrogen-bond donors (Lipinski definition) is 2. The molecular weight excluding hydrogens is 254 g/mol. The molecule has 5 heteroatoms. The lowest BCUT2D eigenvalue weighted by Gasteiger charge is -2.29. The minimum atomic E-state index is -0.112. The molecule has 0 bridgehead atoms. The second-order valence-corrected chi connectivity index (χ2v) is 5.00. The van der Waals surface area contributed by atoms with Gasteiger partial charge in [-0.3, -0.25) is 4.79 Å². The predicted molar refractivity (Wildman–Crippen MR) is 80.1 cm³/mol. The number of carbonyl (C=O) groups excluding carboxylic acids is 1. The summed E-state index contributed by atoms with van der Waals surface area (Å²) in [4.78, 5) is 13.9. The number of nitrogens with zero attached hydrogens (tertiary/aromatic N) is 1. The molecule has 1 amide bonds. The Hall–Kier alpha value is -1.85. The number of hydrogen-bond acceptors (Lipinski definition) is 4. The smallest absolute Gasteiger partial charge is 0.244 e. The molecule has 3 N–H and O–H groups in total. The zero-order valence-corrected chi connectivity index (χ0v) is 11.7. The van der Waals surface area contributed by atoms with Crippen molar-refractivity contribution < 1.29 is 9.53 Å². The summed E-state index contributed by atoms with van der Waals surface area (Å²) >= 11 is 0. The summed E-state index contributed by atoms with van der Waals surface area (Å²) in [5.41, 5.74) is 7.26. The first kappa shape index (κ1) is 14.6. The van der Waals surface area contributed by atoms with Gasteiger partial charge in [0, 0.05) is 31.4 Å². The molecule has 1 unspecified atom stereocenters. The standard InChI is InChI=1S/C15H21N3O2/c1-18-8-9-20-14(11-18)10-17-15(19)7-4-12-2-5-13(16)6-3-12/h2-7,14H,8-11,16H2,1H3,(H,17,19)/b7-4+. The van der Waals surface area contributed by atoms with Gasteiger partial charge in [-0.15, -0.1) is 0 Å². The van der Waals surface area contributed by atoms with E-state index in [1.165, 1.54) is 6.08 Å². The summed E-state index contributed by atoms with van der Waals surface area (Å²) in [6, 6.07) is 7.36. The van der Waals surface area contributed by atoms with Crippen molar-refractivity contribution in [1.29, 1.82) is 0 Å². The number of carbonyl (C=O) groups is 1. The van der Waals surface area contributed by atoms with Gasteiger partial charge in [0.25, 0.3) is 0 Å². The van der Waals surface area contributed by atoms with Gasteiger partial charge in [0.15, 0.2) is 0 Å². The van der Waals surface area contributed by atoms with Crippen molar-refractivity contribution in [2.24, 2.45) is 0 Å². The fraction of sp³-hybridized carbons (Fsp3) is 0.400. The van der Waals surface area contributed by atoms with Crippen molar-refractivity contribution in [3.63, 3.8) is 0 Å². The average molecular weight is 275 g/mol. The number of anilines is 1. The monoisotopic (exact) mass is 275 g/mol. The number of amides is 1. The lowest BCUT2D eigenvalue weighted by Crippen LogP contribution is -2.45. The minimum Gasteiger partial charge on any atom is -0.399 e. The maximum Gasteiger partial charge on any atom is 0.244 e. The van der Waals surface area contributed by atoms with Crippen LogP contribution in [0.1, 0.15) is 5.56 Å². The first-order chi connectivity index (χ1) is 9.63. The number of rotatable bonds is 4. The average Bonchev–Trinajstić information content (AvgIpc) is 2.45. The Morgan fingerprint density at radius 1 is 1.50 bits per heavy atom. The Bertz CT molecular complexity index is 471. The third kappa shape index (κ3) is 4.68. The molecule has 1 aliphatic heterocycles. The van der Waals surface area contributed by atoms with Gasteiger partial charge in [-0.05, 0) is 30.8 Å². The molecule has 1 fully saturated rings. The normalized spacial score (nSPS) is 20.1. The van der Waals surface area contributed by atoms with Crippen LogP contribution in [-0.4, -0.2) is 50.2 Å². The summed E-state index contributed by atoms with van der Waals surface area (Å²) in [6.45, 7) is 3.05. The molecule has 1 aliphatic rings. The zero-order chi connectivity index (χ0) is 14.4. The number of benzene rings is 1. The van der Waals surface area contributed by atoms with Crippen LogP contribution in [0.5, 0.6) is 0 Å². The van der Waals surface area contributed by atoms with Gasteiger partial charge in [0.1, 0.15) is 0 Å². The maximum absolute atomic E-state index is 11.7. The van der Waals surface area contributed by atoms with Gasteiger partial charge < -0.3 is 20.7 Å². The van der Waals surface area contributed by atoms with Crippen molar-refractivity contribution in [1.82, 2.24) is 10.2 Å². The van der Waals surface area contributed by atoms with Crippen LogP contribution in [0.25, 0.3) is 6.08 Å². The Balaban J connectivity index is 1.76. The van der Waals surface area contributed by atoms with E-state index in [4.69, 9.17) is 10.5 Å². The zero-order valence-electron chi connectivity index (χ0n) is 11.7. The first-order valence-electron chi connectivity index (χ1n) is 6.75. The lowest BCUT2D eigenvalue weighted by molar-refractivity contribution is -0.117. The molecule has 1 aromatic carbocycles. The van der Waals surface area contributed by atoms with Crippen molar-refractivity contribution in [3.8, 4) is 0 Å². The number of nitrogens with two attached hydrogens (primary N) is 1. The SMILES string of the molecule is CN1CCOC(CNC(=O)/C=C/c2ccc(N)cc2)C1. The molecule has 1 atom stereocenters. The molecule has 108 valence electrons. The third-order valence-electron chi connectivity index (χ3n) is 3.21. The molecule has 1 heterocycles. The second kappa shape index (κ2) is 7.07. The van der Waals surface area contributed by atoms with Gasteiger partial charge in [0.05, 0.1) is 12.7 Å². The van der Waals surface area contributed by atoms with E-state index in [0.29, 0.717) is 12.2 Å². The number of likely N-dealkylation sites (N-methyl/N-ethyl adjacent to an activating group) is 1. The number of nitrogen functional groups attached to an aromatic ring is 1. The van der Waals surface area contributed by atoms with E-state index in [2.05, 4.69) is 17.3 Å². The molecule has 1 saturated heterocycles. The highest BCUT2D eigenvalue weighted by molar-refractivity contribution is 5.91. The van der Waals surface area contributed by atoms with Crippen molar-refractivity contribution >= 4 is 17.7 Å². The predicted octanol–water partition coefficient (Wildman–Crippen LogP) is 0.729. The Labute approximate surface area is 119 Å². The molecule has 2 rings (SSSR count). The van der Waals surface area contributed by atoms with Crippen LogP contribution in [0.3, 0.4) is 0 Å². The molecule has 0 radical (unpaired) electrons. The van der Waals surface area contributed by atoms with E-state index in [-0.39, 0.29) is 12.0 Å². The number of ether oxygens (including phenoxy) is 1. The van der Waals surface area contributed by atoms with Crippen molar-refractivity contribution in [3.05, 3.63) is 35.9 Å². The molecule has 20 heavy (non-hydrogen) atoms. The summed E-state index contributed by atoms with van der Waals surface area (Å²) in [6.07, 6.45) is 3.36. The maximum atomic E-state index is 11.7. The van der Waals surface area contributed by atoms with E-state index in [1.54, 1.807) is 6.08 Å². The lowest BCUT2D eigenvalue weighted by atomic mass is 10.2. The van der Waals surface area contributed by atoms with E-state index < -0.39 is 0 Å². The van der Waals surface area contributed by atoms with E-state index in [9.17, 15) is 4.79 Å². The van der Waals surface area contributed by atoms with Gasteiger partial charge in [-0.2, -0.15) is 0 Å². The molecule has 0 aromatic heterocycles. The van der Waals surface area contributed by atoms with Gasteiger partial charge in [-0.25, -0.2) is 0 Å². The van der Waals surface area contributed by atoms with Crippen LogP contribution >= 0.6 is 0 Å². The number of nitrogens with one attached hydrogen (secondary N) is 1. The minimum absolute atomic E-state index is 0.0719. The summed E-state index contributed by atoms with van der Waals surface area (Å²) in [5.74, 6) is -0.112. The molecule has 0 aliphatic carbocycles. The van der Waals surface area contributed by atoms with Gasteiger partial charge >= 0.3 is 0 Å². The van der Waals surface area contributed by atoms with Gasteiger partial charge in [-0.1, -0.05) is 12.1 Å². The summed E-state index contributed by atoms with van der Waals surface area (Å²) in [5, 5.41) is 2.85. The quantitative estimate of drug-likeness (QED) is 0.628. The van der Waals surface area contributed by atoms with E-state index >= 15 is 0 Å². The summed E-state index contributed by atoms with van der Waals surface area (Å²) in [7, 11) is 2.05. The summed E-state index contributed by atoms with van der Waals surface area (Å²) < 4.78 is 5.58. The molecule has 5 nitrogen and oxygen atoms in total. The third-order valence-corrected chi connectivity index (χ3v) is 3.21. The first-order valence-corrected chi connectivity index (χ1v) is 6.75. The molecule has 0 saturated carbocycles. The van der Waals surface area contributed by atoms with Crippen LogP contribution in [0.4, 0.5) is 5.69 Å². The van der Waals surface area contributed by atoms with Crippen molar-refractivity contribution in [2.75, 3.05) is 39.0 Å². The van der Waals surface area contributed by atoms with Crippen LogP contribution in [0.15, 0.2) is 30.3 Å². The molecular formula is C15H21N3O2. The topological polar surface area (TPSA) is 67.6 Å². The largest absolute Gasteiger partial charge is 0.399 e. The second-order valence-electron chi connectivity index (χ2n) is 5.00. The fourth-order valence-corrected chi connectivity index (χ4v) is 2.04. The molecule has 0 spiro atoms. The fourth-order valence-electron chi connectivity index (χ4n) is 2.04. The van der Waals surface area contributed by atoms with Gasteiger partial charge in [0.2, 0.25) is 5.91 Å². The Kier molecular flexibility index (Phi) is 5.15. The molecule has 1 aromatic rings. The van der Waals surface area contributed by atoms with Crippen molar-refractivity contribution in [2.45, 2.75) is 6.10 Å². The Morgan fingerprint density at radius 3 is 2.95 bits per heavy atom. The van der Waals surface area contributed by atoms with Crippen LogP contribution in [0, 0.1) is 0 Å². The number of morpholine rings is 1. The highest BCUT2D eigenvalue weighted by Crippen LogP contribution is 2.07. The van der Waals surface area contributed by atoms with E-state index in [0.717, 1.165) is 25.3 Å². The highest BCUT2D eigenvalue weighted by Gasteiger charge is 2.17. The van der Waals surface area contributed by atoms with Crippen LogP contribution in [0.2, 0.25) is 0 Å². The van der Waals surface area contributed by atoms with Crippen LogP contribution < -0.4 is 11.1 Å². The van der Waals surface area contributed by atoms with E-state index in [1.807, 2.05) is 24.3 Å². The van der Waals surface area contributed by atoms with Crippen LogP contribution in [-0.2, 0) is 9.53 Å². The Morgan fingerprint density at radius 2 is 2.25 bits per heavy atom.